The van der Waals surface area contributed by atoms with Crippen molar-refractivity contribution in [1.29, 1.82) is 0 Å². The molecule has 1 fully saturated rings. The molecule has 0 heterocycles. The molecule has 1 aromatic rings. The topological polar surface area (TPSA) is 84.5 Å². The minimum atomic E-state index is -0.894. The summed E-state index contributed by atoms with van der Waals surface area (Å²) in [7, 11) is 0. The van der Waals surface area contributed by atoms with Crippen molar-refractivity contribution >= 4 is 33.7 Å². The third-order valence-electron chi connectivity index (χ3n) is 3.91. The quantitative estimate of drug-likeness (QED) is 0.675. The van der Waals surface area contributed by atoms with Gasteiger partial charge in [0, 0.05) is 10.5 Å². The molecule has 7 heteroatoms. The van der Waals surface area contributed by atoms with Crippen LogP contribution in [-0.4, -0.2) is 36.0 Å². The molecule has 2 amide bonds. The first-order valence-corrected chi connectivity index (χ1v) is 9.15. The molecule has 0 saturated heterocycles. The fourth-order valence-electron chi connectivity index (χ4n) is 2.21. The molecule has 1 aliphatic rings. The summed E-state index contributed by atoms with van der Waals surface area (Å²) in [4.78, 5) is 36.8. The number of benzene rings is 1. The van der Waals surface area contributed by atoms with Crippen LogP contribution in [0.25, 0.3) is 0 Å². The highest BCUT2D eigenvalue weighted by atomic mass is 79.9. The molecule has 0 aliphatic heterocycles. The monoisotopic (exact) mass is 410 g/mol. The van der Waals surface area contributed by atoms with Gasteiger partial charge in [0.25, 0.3) is 11.8 Å². The van der Waals surface area contributed by atoms with Crippen LogP contribution in [0, 0.1) is 5.92 Å². The maximum Gasteiger partial charge on any atom is 0.329 e. The van der Waals surface area contributed by atoms with Crippen molar-refractivity contribution in [2.75, 3.05) is 0 Å². The fraction of sp³-hybridized carbons (Fsp3) is 0.500. The fourth-order valence-corrected chi connectivity index (χ4v) is 2.67. The van der Waals surface area contributed by atoms with E-state index in [-0.39, 0.29) is 23.8 Å². The third-order valence-corrected chi connectivity index (χ3v) is 4.60. The van der Waals surface area contributed by atoms with E-state index in [2.05, 4.69) is 26.6 Å². The molecule has 2 N–H and O–H groups in total. The highest BCUT2D eigenvalue weighted by Gasteiger charge is 2.31. The van der Waals surface area contributed by atoms with Gasteiger partial charge in [-0.2, -0.15) is 0 Å². The van der Waals surface area contributed by atoms with Gasteiger partial charge < -0.3 is 15.4 Å². The average Bonchev–Trinajstić information content (AvgIpc) is 3.36. The molecule has 0 aromatic heterocycles. The molecule has 1 saturated carbocycles. The minimum Gasteiger partial charge on any atom is -0.451 e. The lowest BCUT2D eigenvalue weighted by Gasteiger charge is -2.23. The molecule has 0 spiro atoms. The van der Waals surface area contributed by atoms with Gasteiger partial charge >= 0.3 is 5.97 Å². The first-order valence-electron chi connectivity index (χ1n) is 8.36. The molecule has 0 radical (unpaired) electrons. The number of ether oxygens (including phenoxy) is 1. The Morgan fingerprint density at radius 3 is 2.36 bits per heavy atom. The van der Waals surface area contributed by atoms with Crippen molar-refractivity contribution in [3.8, 4) is 0 Å². The highest BCUT2D eigenvalue weighted by Crippen LogP contribution is 2.19. The van der Waals surface area contributed by atoms with Crippen LogP contribution in [-0.2, 0) is 14.3 Å². The second kappa shape index (κ2) is 8.47. The lowest BCUT2D eigenvalue weighted by atomic mass is 10.0. The van der Waals surface area contributed by atoms with Gasteiger partial charge in [0.2, 0.25) is 0 Å². The van der Waals surface area contributed by atoms with E-state index in [1.54, 1.807) is 38.1 Å². The zero-order chi connectivity index (χ0) is 18.6. The Morgan fingerprint density at radius 1 is 1.16 bits per heavy atom. The van der Waals surface area contributed by atoms with E-state index < -0.39 is 18.1 Å². The van der Waals surface area contributed by atoms with Crippen molar-refractivity contribution < 1.29 is 19.1 Å². The normalized spacial score (nSPS) is 16.0. The lowest BCUT2D eigenvalue weighted by Crippen LogP contribution is -2.48. The Labute approximate surface area is 155 Å². The van der Waals surface area contributed by atoms with Gasteiger partial charge in [0.05, 0.1) is 5.56 Å². The lowest BCUT2D eigenvalue weighted by molar-refractivity contribution is -0.157. The summed E-state index contributed by atoms with van der Waals surface area (Å²) < 4.78 is 5.89. The molecule has 1 aromatic carbocycles. The number of hydrogen-bond acceptors (Lipinski definition) is 4. The van der Waals surface area contributed by atoms with Gasteiger partial charge in [0.1, 0.15) is 6.04 Å². The standard InChI is InChI=1S/C18H23BrN2O4/c1-10(2)15(21-17(23)13-6-4-5-7-14(13)19)18(24)25-11(3)16(22)20-12-8-9-12/h4-7,10-12,15H,8-9H2,1-3H3,(H,20,22)(H,21,23)/t11-,15-/m0/s1. The first-order chi connectivity index (χ1) is 11.8. The largest absolute Gasteiger partial charge is 0.451 e. The highest BCUT2D eigenvalue weighted by molar-refractivity contribution is 9.10. The molecule has 136 valence electrons. The molecule has 2 rings (SSSR count). The number of amides is 2. The molecule has 2 atom stereocenters. The summed E-state index contributed by atoms with van der Waals surface area (Å²) in [6.07, 6.45) is 1.03. The summed E-state index contributed by atoms with van der Waals surface area (Å²) in [5.74, 6) is -1.49. The predicted octanol–water partition coefficient (Wildman–Crippen LogP) is 2.41. The Morgan fingerprint density at radius 2 is 1.80 bits per heavy atom. The molecule has 25 heavy (non-hydrogen) atoms. The predicted molar refractivity (Wildman–Crippen MR) is 97.0 cm³/mol. The maximum atomic E-state index is 12.4. The van der Waals surface area contributed by atoms with E-state index in [9.17, 15) is 14.4 Å². The molecular formula is C18H23BrN2O4. The zero-order valence-corrected chi connectivity index (χ0v) is 16.1. The summed E-state index contributed by atoms with van der Waals surface area (Å²) in [6, 6.07) is 6.32. The van der Waals surface area contributed by atoms with Crippen molar-refractivity contribution in [3.05, 3.63) is 34.3 Å². The van der Waals surface area contributed by atoms with Gasteiger partial charge in [-0.15, -0.1) is 0 Å². The van der Waals surface area contributed by atoms with E-state index >= 15 is 0 Å². The van der Waals surface area contributed by atoms with Crippen molar-refractivity contribution in [2.45, 2.75) is 51.8 Å². The Kier molecular flexibility index (Phi) is 6.58. The number of carbonyl (C=O) groups is 3. The number of hydrogen-bond donors (Lipinski definition) is 2. The van der Waals surface area contributed by atoms with Crippen LogP contribution in [0.15, 0.2) is 28.7 Å². The second-order valence-corrected chi connectivity index (χ2v) is 7.39. The van der Waals surface area contributed by atoms with Gasteiger partial charge in [-0.05, 0) is 53.7 Å². The summed E-state index contributed by atoms with van der Waals surface area (Å²) in [6.45, 7) is 5.14. The van der Waals surface area contributed by atoms with Crippen LogP contribution in [0.2, 0.25) is 0 Å². The van der Waals surface area contributed by atoms with Crippen LogP contribution in [0.5, 0.6) is 0 Å². The summed E-state index contributed by atoms with van der Waals surface area (Å²) in [5, 5.41) is 5.49. The molecule has 0 bridgehead atoms. The summed E-state index contributed by atoms with van der Waals surface area (Å²) >= 11 is 3.32. The van der Waals surface area contributed by atoms with Crippen molar-refractivity contribution in [3.63, 3.8) is 0 Å². The van der Waals surface area contributed by atoms with E-state index in [0.29, 0.717) is 10.0 Å². The molecular weight excluding hydrogens is 388 g/mol. The second-order valence-electron chi connectivity index (χ2n) is 6.54. The van der Waals surface area contributed by atoms with E-state index in [1.165, 1.54) is 6.92 Å². The van der Waals surface area contributed by atoms with Crippen LogP contribution >= 0.6 is 15.9 Å². The smallest absolute Gasteiger partial charge is 0.329 e. The number of carbonyl (C=O) groups excluding carboxylic acids is 3. The van der Waals surface area contributed by atoms with E-state index in [4.69, 9.17) is 4.74 Å². The summed E-state index contributed by atoms with van der Waals surface area (Å²) in [5.41, 5.74) is 0.431. The van der Waals surface area contributed by atoms with Gasteiger partial charge in [-0.25, -0.2) is 4.79 Å². The van der Waals surface area contributed by atoms with E-state index in [0.717, 1.165) is 12.8 Å². The Bertz CT molecular complexity index is 658. The van der Waals surface area contributed by atoms with Crippen LogP contribution in [0.3, 0.4) is 0 Å². The Hall–Kier alpha value is -1.89. The van der Waals surface area contributed by atoms with Crippen molar-refractivity contribution in [2.24, 2.45) is 5.92 Å². The number of rotatable bonds is 7. The SMILES string of the molecule is CC(C)[C@H](NC(=O)c1ccccc1Br)C(=O)O[C@@H](C)C(=O)NC1CC1. The third kappa shape index (κ3) is 5.56. The van der Waals surface area contributed by atoms with Crippen molar-refractivity contribution in [1.82, 2.24) is 10.6 Å². The first kappa shape index (κ1) is 19.4. The van der Waals surface area contributed by atoms with Gasteiger partial charge in [0.15, 0.2) is 6.10 Å². The number of esters is 1. The molecule has 1 aliphatic carbocycles. The average molecular weight is 411 g/mol. The molecule has 0 unspecified atom stereocenters. The maximum absolute atomic E-state index is 12.4. The van der Waals surface area contributed by atoms with Crippen LogP contribution in [0.4, 0.5) is 0 Å². The van der Waals surface area contributed by atoms with Crippen LogP contribution < -0.4 is 10.6 Å². The van der Waals surface area contributed by atoms with Gasteiger partial charge in [-0.1, -0.05) is 26.0 Å². The minimum absolute atomic E-state index is 0.183. The Balaban J connectivity index is 1.98. The molecule has 6 nitrogen and oxygen atoms in total. The van der Waals surface area contributed by atoms with Gasteiger partial charge in [-0.3, -0.25) is 9.59 Å². The van der Waals surface area contributed by atoms with E-state index in [1.807, 2.05) is 0 Å². The number of nitrogens with one attached hydrogen (secondary N) is 2. The number of halogens is 1. The van der Waals surface area contributed by atoms with Crippen LogP contribution in [0.1, 0.15) is 44.0 Å². The zero-order valence-electron chi connectivity index (χ0n) is 14.5.